The van der Waals surface area contributed by atoms with Crippen molar-refractivity contribution < 1.29 is 14.6 Å². The van der Waals surface area contributed by atoms with Crippen molar-refractivity contribution in [3.05, 3.63) is 87.8 Å². The number of aliphatic hydroxyl groups is 1. The first-order valence-electron chi connectivity index (χ1n) is 10.1. The van der Waals surface area contributed by atoms with Crippen LogP contribution < -0.4 is 10.5 Å². The number of hydrogen-bond donors (Lipinski definition) is 3. The number of methoxy groups -OCH3 is 1. The van der Waals surface area contributed by atoms with Gasteiger partial charge < -0.3 is 20.3 Å². The first-order chi connectivity index (χ1) is 15.5. The van der Waals surface area contributed by atoms with E-state index in [1.165, 1.54) is 0 Å². The maximum Gasteiger partial charge on any atom is 0.195 e. The van der Waals surface area contributed by atoms with Crippen molar-refractivity contribution in [2.24, 2.45) is 10.7 Å². The van der Waals surface area contributed by atoms with Crippen molar-refractivity contribution in [1.29, 1.82) is 0 Å². The van der Waals surface area contributed by atoms with Crippen molar-refractivity contribution in [1.82, 2.24) is 14.8 Å². The van der Waals surface area contributed by atoms with E-state index in [0.29, 0.717) is 40.9 Å². The molecule has 1 heterocycles. The van der Waals surface area contributed by atoms with E-state index >= 15 is 0 Å². The largest absolute Gasteiger partial charge is 0.497 e. The second kappa shape index (κ2) is 11.3. The summed E-state index contributed by atoms with van der Waals surface area (Å²) in [5.74, 6) is 1.65. The number of H-pyrrole nitrogens is 1. The minimum atomic E-state index is -0.122. The number of nitrogens with one attached hydrogen (secondary N) is 1. The average molecular weight is 454 g/mol. The van der Waals surface area contributed by atoms with E-state index in [2.05, 4.69) is 15.2 Å². The third kappa shape index (κ3) is 5.83. The third-order valence-corrected chi connectivity index (χ3v) is 4.95. The molecule has 0 aliphatic rings. The van der Waals surface area contributed by atoms with Crippen LogP contribution in [0.3, 0.4) is 0 Å². The Balaban J connectivity index is 1.96. The molecule has 0 saturated carbocycles. The van der Waals surface area contributed by atoms with Gasteiger partial charge in [-0.15, -0.1) is 0 Å². The highest BCUT2D eigenvalue weighted by Crippen LogP contribution is 2.18. The molecule has 3 aromatic rings. The van der Waals surface area contributed by atoms with Gasteiger partial charge in [-0.2, -0.15) is 5.10 Å². The van der Waals surface area contributed by atoms with Gasteiger partial charge in [-0.3, -0.25) is 14.7 Å². The van der Waals surface area contributed by atoms with Crippen molar-refractivity contribution in [2.75, 3.05) is 20.3 Å². The highest BCUT2D eigenvalue weighted by Gasteiger charge is 2.21. The van der Waals surface area contributed by atoms with E-state index in [1.807, 2.05) is 59.2 Å². The fourth-order valence-corrected chi connectivity index (χ4v) is 3.26. The molecule has 0 amide bonds. The van der Waals surface area contributed by atoms with Crippen LogP contribution in [0.15, 0.2) is 71.0 Å². The molecule has 8 nitrogen and oxygen atoms in total. The molecule has 4 N–H and O–H groups in total. The van der Waals surface area contributed by atoms with Crippen molar-refractivity contribution in [3.8, 4) is 5.75 Å². The van der Waals surface area contributed by atoms with Gasteiger partial charge in [-0.1, -0.05) is 42.5 Å². The quantitative estimate of drug-likeness (QED) is 0.247. The predicted octanol–water partition coefficient (Wildman–Crippen LogP) is 3.19. The topological polar surface area (TPSA) is 111 Å². The summed E-state index contributed by atoms with van der Waals surface area (Å²) in [6.07, 6.45) is 0. The SMILES string of the molecule is COc1ccc(Cn2c(C(=NCCO)/C(OCc3ccccc3)=C(/C)N)n[nH]c2=S)cc1. The highest BCUT2D eigenvalue weighted by molar-refractivity contribution is 7.71. The Bertz CT molecular complexity index is 1130. The second-order valence-electron chi connectivity index (χ2n) is 7.03. The van der Waals surface area contributed by atoms with Crippen molar-refractivity contribution in [3.63, 3.8) is 0 Å². The van der Waals surface area contributed by atoms with E-state index in [-0.39, 0.29) is 13.2 Å². The van der Waals surface area contributed by atoms with E-state index in [1.54, 1.807) is 14.0 Å². The Morgan fingerprint density at radius 2 is 1.88 bits per heavy atom. The number of nitrogens with two attached hydrogens (primary N) is 1. The Kier molecular flexibility index (Phi) is 8.18. The maximum atomic E-state index is 9.39. The lowest BCUT2D eigenvalue weighted by Gasteiger charge is -2.16. The summed E-state index contributed by atoms with van der Waals surface area (Å²) < 4.78 is 13.6. The van der Waals surface area contributed by atoms with Crippen LogP contribution in [-0.4, -0.2) is 45.8 Å². The first kappa shape index (κ1) is 23.2. The zero-order valence-electron chi connectivity index (χ0n) is 18.1. The lowest BCUT2D eigenvalue weighted by molar-refractivity contribution is 0.214. The molecule has 0 aliphatic heterocycles. The summed E-state index contributed by atoms with van der Waals surface area (Å²) in [6.45, 7) is 2.56. The Labute approximate surface area is 192 Å². The number of ether oxygens (including phenoxy) is 2. The van der Waals surface area contributed by atoms with Gasteiger partial charge in [0, 0.05) is 0 Å². The molecule has 0 atom stereocenters. The molecule has 1 aromatic heterocycles. The number of aliphatic hydroxyl groups excluding tert-OH is 1. The first-order valence-corrected chi connectivity index (χ1v) is 10.5. The van der Waals surface area contributed by atoms with E-state index in [0.717, 1.165) is 16.9 Å². The van der Waals surface area contributed by atoms with Gasteiger partial charge in [0.1, 0.15) is 18.1 Å². The number of rotatable bonds is 10. The molecule has 168 valence electrons. The minimum absolute atomic E-state index is 0.122. The van der Waals surface area contributed by atoms with Crippen LogP contribution in [0.25, 0.3) is 0 Å². The average Bonchev–Trinajstić information content (AvgIpc) is 3.16. The number of nitrogens with zero attached hydrogens (tertiary/aromatic N) is 3. The van der Waals surface area contributed by atoms with Crippen LogP contribution in [0.4, 0.5) is 0 Å². The predicted molar refractivity (Wildman–Crippen MR) is 126 cm³/mol. The molecule has 0 aliphatic carbocycles. The number of aliphatic imine (C=N–C) groups is 1. The van der Waals surface area contributed by atoms with E-state index in [9.17, 15) is 5.11 Å². The Morgan fingerprint density at radius 3 is 2.50 bits per heavy atom. The Hall–Kier alpha value is -3.43. The van der Waals surface area contributed by atoms with Crippen LogP contribution in [-0.2, 0) is 17.9 Å². The zero-order valence-corrected chi connectivity index (χ0v) is 18.9. The number of benzene rings is 2. The molecule has 0 unspecified atom stereocenters. The molecular weight excluding hydrogens is 426 g/mol. The molecule has 32 heavy (non-hydrogen) atoms. The third-order valence-electron chi connectivity index (χ3n) is 4.64. The fraction of sp³-hybridized carbons (Fsp3) is 0.261. The Morgan fingerprint density at radius 1 is 1.16 bits per heavy atom. The van der Waals surface area contributed by atoms with Gasteiger partial charge in [0.05, 0.1) is 32.5 Å². The standard InChI is InChI=1S/C23H27N5O3S/c1-16(24)21(31-15-18-6-4-3-5-7-18)20(25-12-13-29)22-26-27-23(32)28(22)14-17-8-10-19(30-2)11-9-17/h3-11,29H,12-15,24H2,1-2H3,(H,27,32)/b21-16+,25-20?. The number of allylic oxidation sites excluding steroid dienone is 2. The fourth-order valence-electron chi connectivity index (χ4n) is 3.06. The van der Waals surface area contributed by atoms with Crippen molar-refractivity contribution >= 4 is 17.9 Å². The zero-order chi connectivity index (χ0) is 22.9. The summed E-state index contributed by atoms with van der Waals surface area (Å²) >= 11 is 5.47. The summed E-state index contributed by atoms with van der Waals surface area (Å²) in [5, 5.41) is 16.6. The molecule has 0 spiro atoms. The van der Waals surface area contributed by atoms with Gasteiger partial charge in [0.15, 0.2) is 16.4 Å². The van der Waals surface area contributed by atoms with Crippen LogP contribution in [0.5, 0.6) is 5.75 Å². The monoisotopic (exact) mass is 453 g/mol. The van der Waals surface area contributed by atoms with Gasteiger partial charge >= 0.3 is 0 Å². The molecule has 2 aromatic carbocycles. The number of hydrogen-bond acceptors (Lipinski definition) is 7. The van der Waals surface area contributed by atoms with Gasteiger partial charge in [0.25, 0.3) is 0 Å². The second-order valence-corrected chi connectivity index (χ2v) is 7.41. The van der Waals surface area contributed by atoms with Crippen LogP contribution in [0.2, 0.25) is 0 Å². The highest BCUT2D eigenvalue weighted by atomic mass is 32.1. The van der Waals surface area contributed by atoms with E-state index in [4.69, 9.17) is 27.4 Å². The normalized spacial score (nSPS) is 12.4. The summed E-state index contributed by atoms with van der Waals surface area (Å²) in [7, 11) is 1.63. The molecule has 0 bridgehead atoms. The van der Waals surface area contributed by atoms with E-state index < -0.39 is 0 Å². The summed E-state index contributed by atoms with van der Waals surface area (Å²) in [5.41, 5.74) is 9.05. The molecule has 0 saturated heterocycles. The minimum Gasteiger partial charge on any atom is -0.497 e. The molecule has 0 fully saturated rings. The lowest BCUT2D eigenvalue weighted by atomic mass is 10.2. The van der Waals surface area contributed by atoms with Crippen LogP contribution in [0.1, 0.15) is 23.9 Å². The number of aromatic amines is 1. The molecule has 0 radical (unpaired) electrons. The summed E-state index contributed by atoms with van der Waals surface area (Å²) in [6, 6.07) is 17.4. The lowest BCUT2D eigenvalue weighted by Crippen LogP contribution is -2.20. The van der Waals surface area contributed by atoms with Crippen molar-refractivity contribution in [2.45, 2.75) is 20.1 Å². The van der Waals surface area contributed by atoms with Gasteiger partial charge in [-0.25, -0.2) is 0 Å². The molecule has 3 rings (SSSR count). The molecular formula is C23H27N5O3S. The van der Waals surface area contributed by atoms with Crippen LogP contribution >= 0.6 is 12.2 Å². The van der Waals surface area contributed by atoms with Crippen LogP contribution in [0, 0.1) is 4.77 Å². The summed E-state index contributed by atoms with van der Waals surface area (Å²) in [4.78, 5) is 4.52. The molecule has 9 heteroatoms. The van der Waals surface area contributed by atoms with Gasteiger partial charge in [-0.05, 0) is 42.4 Å². The number of aromatic nitrogens is 3. The maximum absolute atomic E-state index is 9.39. The smallest absolute Gasteiger partial charge is 0.195 e. The van der Waals surface area contributed by atoms with Gasteiger partial charge in [0.2, 0.25) is 0 Å².